The average Bonchev–Trinajstić information content (AvgIpc) is 2.43. The zero-order valence-corrected chi connectivity index (χ0v) is 12.1. The Morgan fingerprint density at radius 1 is 1.20 bits per heavy atom. The highest BCUT2D eigenvalue weighted by Gasteiger charge is 2.17. The van der Waals surface area contributed by atoms with Crippen molar-refractivity contribution in [3.05, 3.63) is 23.5 Å². The summed E-state index contributed by atoms with van der Waals surface area (Å²) in [6, 6.07) is 3.25. The highest BCUT2D eigenvalue weighted by Crippen LogP contribution is 2.28. The monoisotopic (exact) mass is 278 g/mol. The quantitative estimate of drug-likeness (QED) is 0.737. The Balaban J connectivity index is 1.88. The summed E-state index contributed by atoms with van der Waals surface area (Å²) in [4.78, 5) is 11.4. The van der Waals surface area contributed by atoms with E-state index in [1.54, 1.807) is 6.07 Å². The Kier molecular flexibility index (Phi) is 5.39. The smallest absolute Gasteiger partial charge is 0.224 e. The molecule has 0 aliphatic carbocycles. The van der Waals surface area contributed by atoms with E-state index >= 15 is 0 Å². The van der Waals surface area contributed by atoms with Crippen LogP contribution in [0.1, 0.15) is 51.0 Å². The van der Waals surface area contributed by atoms with Gasteiger partial charge >= 0.3 is 0 Å². The van der Waals surface area contributed by atoms with Crippen LogP contribution in [-0.2, 0) is 11.2 Å². The fraction of sp³-hybridized carbons (Fsp3) is 0.562. The highest BCUT2D eigenvalue weighted by molar-refractivity contribution is 5.94. The average molecular weight is 278 g/mol. The number of aryl methyl sites for hydroxylation is 1. The first kappa shape index (κ1) is 14.8. The van der Waals surface area contributed by atoms with Crippen molar-refractivity contribution in [3.63, 3.8) is 0 Å². The maximum atomic E-state index is 13.9. The lowest BCUT2D eigenvalue weighted by atomic mass is 10.0. The van der Waals surface area contributed by atoms with Crippen molar-refractivity contribution in [2.45, 2.75) is 51.9 Å². The summed E-state index contributed by atoms with van der Waals surface area (Å²) in [5.74, 6) is -0.219. The number of carbonyl (C=O) groups is 1. The topological polar surface area (TPSA) is 41.1 Å². The number of halogens is 1. The van der Waals surface area contributed by atoms with E-state index in [9.17, 15) is 9.18 Å². The first-order valence-electron chi connectivity index (χ1n) is 7.57. The van der Waals surface area contributed by atoms with Crippen LogP contribution in [-0.4, -0.2) is 12.5 Å². The SMILES string of the molecule is CCCCCCCNc1cc2c(cc1F)CCC(=O)N2. The third kappa shape index (κ3) is 3.95. The second-order valence-electron chi connectivity index (χ2n) is 5.38. The van der Waals surface area contributed by atoms with Gasteiger partial charge in [-0.15, -0.1) is 0 Å². The standard InChI is InChI=1S/C16H23FN2O/c1-2-3-4-5-6-9-18-15-11-14-12(10-13(15)17)7-8-16(20)19-14/h10-11,18H,2-9H2,1H3,(H,19,20). The van der Waals surface area contributed by atoms with Crippen LogP contribution in [0.15, 0.2) is 12.1 Å². The predicted molar refractivity (Wildman–Crippen MR) is 80.6 cm³/mol. The van der Waals surface area contributed by atoms with Crippen molar-refractivity contribution in [3.8, 4) is 0 Å². The molecule has 0 unspecified atom stereocenters. The molecule has 1 aliphatic rings. The Bertz CT molecular complexity index is 474. The van der Waals surface area contributed by atoms with Gasteiger partial charge in [-0.2, -0.15) is 0 Å². The van der Waals surface area contributed by atoms with E-state index in [1.807, 2.05) is 0 Å². The molecule has 1 aromatic rings. The Labute approximate surface area is 120 Å². The molecule has 0 spiro atoms. The second-order valence-corrected chi connectivity index (χ2v) is 5.38. The molecule has 3 nitrogen and oxygen atoms in total. The van der Waals surface area contributed by atoms with Crippen LogP contribution >= 0.6 is 0 Å². The van der Waals surface area contributed by atoms with E-state index in [1.165, 1.54) is 31.7 Å². The number of hydrogen-bond acceptors (Lipinski definition) is 2. The highest BCUT2D eigenvalue weighted by atomic mass is 19.1. The molecule has 1 amide bonds. The number of unbranched alkanes of at least 4 members (excludes halogenated alkanes) is 4. The van der Waals surface area contributed by atoms with Crippen LogP contribution in [0.5, 0.6) is 0 Å². The number of fused-ring (bicyclic) bond motifs is 1. The summed E-state index contributed by atoms with van der Waals surface area (Å²) in [6.07, 6.45) is 7.01. The zero-order chi connectivity index (χ0) is 14.4. The molecule has 0 aromatic heterocycles. The van der Waals surface area contributed by atoms with Gasteiger partial charge in [-0.1, -0.05) is 32.6 Å². The van der Waals surface area contributed by atoms with Crippen molar-refractivity contribution in [2.24, 2.45) is 0 Å². The minimum absolute atomic E-state index is 0.00891. The van der Waals surface area contributed by atoms with E-state index in [2.05, 4.69) is 17.6 Å². The minimum Gasteiger partial charge on any atom is -0.383 e. The van der Waals surface area contributed by atoms with E-state index < -0.39 is 0 Å². The molecule has 1 aromatic carbocycles. The molecule has 4 heteroatoms. The molecule has 0 fully saturated rings. The van der Waals surface area contributed by atoms with Crippen LogP contribution in [0.4, 0.5) is 15.8 Å². The van der Waals surface area contributed by atoms with Crippen LogP contribution < -0.4 is 10.6 Å². The van der Waals surface area contributed by atoms with E-state index in [0.29, 0.717) is 18.5 Å². The summed E-state index contributed by atoms with van der Waals surface area (Å²) < 4.78 is 13.9. The zero-order valence-electron chi connectivity index (χ0n) is 12.1. The van der Waals surface area contributed by atoms with Gasteiger partial charge in [-0.3, -0.25) is 4.79 Å². The Hall–Kier alpha value is -1.58. The molecule has 110 valence electrons. The van der Waals surface area contributed by atoms with Crippen LogP contribution in [0.2, 0.25) is 0 Å². The number of hydrogen-bond donors (Lipinski definition) is 2. The molecule has 0 radical (unpaired) electrons. The summed E-state index contributed by atoms with van der Waals surface area (Å²) in [7, 11) is 0. The third-order valence-electron chi connectivity index (χ3n) is 3.68. The minimum atomic E-state index is -0.228. The molecular weight excluding hydrogens is 255 g/mol. The normalized spacial score (nSPS) is 13.8. The van der Waals surface area contributed by atoms with Gasteiger partial charge in [0.25, 0.3) is 0 Å². The molecule has 20 heavy (non-hydrogen) atoms. The maximum Gasteiger partial charge on any atom is 0.224 e. The number of rotatable bonds is 7. The lowest BCUT2D eigenvalue weighted by Gasteiger charge is -2.18. The van der Waals surface area contributed by atoms with Crippen LogP contribution in [0.3, 0.4) is 0 Å². The third-order valence-corrected chi connectivity index (χ3v) is 3.68. The molecule has 0 bridgehead atoms. The molecule has 0 saturated carbocycles. The molecule has 0 atom stereocenters. The Morgan fingerprint density at radius 2 is 2.00 bits per heavy atom. The molecule has 1 aliphatic heterocycles. The number of benzene rings is 1. The number of nitrogens with one attached hydrogen (secondary N) is 2. The number of amides is 1. The van der Waals surface area contributed by atoms with Gasteiger partial charge in [0.05, 0.1) is 5.69 Å². The molecular formula is C16H23FN2O. The van der Waals surface area contributed by atoms with Gasteiger partial charge in [-0.05, 0) is 30.5 Å². The fourth-order valence-electron chi connectivity index (χ4n) is 2.49. The van der Waals surface area contributed by atoms with E-state index in [0.717, 1.165) is 24.2 Å². The van der Waals surface area contributed by atoms with Crippen molar-refractivity contribution in [1.82, 2.24) is 0 Å². The molecule has 2 N–H and O–H groups in total. The van der Waals surface area contributed by atoms with Crippen molar-refractivity contribution < 1.29 is 9.18 Å². The summed E-state index contributed by atoms with van der Waals surface area (Å²) in [5, 5.41) is 5.93. The van der Waals surface area contributed by atoms with Gasteiger partial charge < -0.3 is 10.6 Å². The van der Waals surface area contributed by atoms with Crippen LogP contribution in [0.25, 0.3) is 0 Å². The number of anilines is 2. The Morgan fingerprint density at radius 3 is 2.80 bits per heavy atom. The molecule has 1 heterocycles. The molecule has 0 saturated heterocycles. The van der Waals surface area contributed by atoms with Gasteiger partial charge in [0.15, 0.2) is 0 Å². The van der Waals surface area contributed by atoms with Crippen molar-refractivity contribution in [2.75, 3.05) is 17.2 Å². The maximum absolute atomic E-state index is 13.9. The van der Waals surface area contributed by atoms with Crippen LogP contribution in [0, 0.1) is 5.82 Å². The van der Waals surface area contributed by atoms with Gasteiger partial charge in [0.2, 0.25) is 5.91 Å². The van der Waals surface area contributed by atoms with Gasteiger partial charge in [0.1, 0.15) is 5.82 Å². The van der Waals surface area contributed by atoms with Crippen molar-refractivity contribution >= 4 is 17.3 Å². The summed E-state index contributed by atoms with van der Waals surface area (Å²) in [5.41, 5.74) is 2.12. The van der Waals surface area contributed by atoms with E-state index in [-0.39, 0.29) is 11.7 Å². The van der Waals surface area contributed by atoms with Gasteiger partial charge in [0, 0.05) is 18.7 Å². The first-order chi connectivity index (χ1) is 9.70. The molecule has 2 rings (SSSR count). The first-order valence-corrected chi connectivity index (χ1v) is 7.57. The lowest BCUT2D eigenvalue weighted by Crippen LogP contribution is -2.19. The summed E-state index contributed by atoms with van der Waals surface area (Å²) in [6.45, 7) is 2.96. The van der Waals surface area contributed by atoms with E-state index in [4.69, 9.17) is 0 Å². The predicted octanol–water partition coefficient (Wildman–Crippen LogP) is 4.09. The largest absolute Gasteiger partial charge is 0.383 e. The number of carbonyl (C=O) groups excluding carboxylic acids is 1. The summed E-state index contributed by atoms with van der Waals surface area (Å²) >= 11 is 0. The van der Waals surface area contributed by atoms with Gasteiger partial charge in [-0.25, -0.2) is 4.39 Å². The fourth-order valence-corrected chi connectivity index (χ4v) is 2.49. The van der Waals surface area contributed by atoms with Crippen molar-refractivity contribution in [1.29, 1.82) is 0 Å². The lowest BCUT2D eigenvalue weighted by molar-refractivity contribution is -0.116. The second kappa shape index (κ2) is 7.27.